The molecule has 7 nitrogen and oxygen atoms in total. The highest BCUT2D eigenvalue weighted by Gasteiger charge is 2.32. The maximum absolute atomic E-state index is 13.5. The van der Waals surface area contributed by atoms with Gasteiger partial charge in [0.1, 0.15) is 11.6 Å². The Kier molecular flexibility index (Phi) is 6.21. The maximum atomic E-state index is 13.5. The van der Waals surface area contributed by atoms with Crippen LogP contribution < -0.4 is 4.90 Å². The first-order chi connectivity index (χ1) is 15.3. The van der Waals surface area contributed by atoms with Gasteiger partial charge in [-0.05, 0) is 50.8 Å². The van der Waals surface area contributed by atoms with Crippen molar-refractivity contribution >= 4 is 11.9 Å². The Hall–Kier alpha value is -3.29. The molecule has 0 bridgehead atoms. The highest BCUT2D eigenvalue weighted by atomic mass is 19.1. The second-order valence-corrected chi connectivity index (χ2v) is 8.45. The Morgan fingerprint density at radius 2 is 1.97 bits per heavy atom. The first-order valence-corrected chi connectivity index (χ1v) is 10.9. The summed E-state index contributed by atoms with van der Waals surface area (Å²) in [7, 11) is 3.77. The van der Waals surface area contributed by atoms with E-state index in [0.717, 1.165) is 47.3 Å². The molecular formula is C24H28FN5O2. The zero-order valence-electron chi connectivity index (χ0n) is 18.9. The molecule has 0 spiro atoms. The highest BCUT2D eigenvalue weighted by Crippen LogP contribution is 2.37. The van der Waals surface area contributed by atoms with Crippen LogP contribution in [0.5, 0.6) is 0 Å². The Balaban J connectivity index is 1.74. The topological polar surface area (TPSA) is 75.4 Å². The van der Waals surface area contributed by atoms with Crippen molar-refractivity contribution in [3.8, 4) is 11.1 Å². The molecule has 4 rings (SSSR count). The Morgan fingerprint density at radius 3 is 2.62 bits per heavy atom. The minimum Gasteiger partial charge on any atom is -0.361 e. The number of aryl methyl sites for hydroxylation is 2. The lowest BCUT2D eigenvalue weighted by atomic mass is 9.93. The summed E-state index contributed by atoms with van der Waals surface area (Å²) < 4.78 is 18.8. The average molecular weight is 438 g/mol. The fourth-order valence-electron chi connectivity index (χ4n) is 4.23. The van der Waals surface area contributed by atoms with Gasteiger partial charge in [-0.1, -0.05) is 17.3 Å². The van der Waals surface area contributed by atoms with Crippen molar-refractivity contribution < 1.29 is 13.7 Å². The van der Waals surface area contributed by atoms with Gasteiger partial charge < -0.3 is 14.3 Å². The molecule has 1 aliphatic rings. The van der Waals surface area contributed by atoms with Gasteiger partial charge >= 0.3 is 0 Å². The molecule has 1 aromatic carbocycles. The van der Waals surface area contributed by atoms with Gasteiger partial charge in [0.15, 0.2) is 0 Å². The summed E-state index contributed by atoms with van der Waals surface area (Å²) in [6, 6.07) is 6.14. The van der Waals surface area contributed by atoms with Gasteiger partial charge in [0.25, 0.3) is 0 Å². The average Bonchev–Trinajstić information content (AvgIpc) is 3.11. The summed E-state index contributed by atoms with van der Waals surface area (Å²) in [4.78, 5) is 26.5. The molecule has 1 fully saturated rings. The third-order valence-electron chi connectivity index (χ3n) is 6.01. The number of amides is 1. The number of anilines is 1. The predicted octanol–water partition coefficient (Wildman–Crippen LogP) is 4.25. The van der Waals surface area contributed by atoms with E-state index >= 15 is 0 Å². The molecule has 1 amide bonds. The molecule has 1 atom stereocenters. The number of nitrogens with zero attached hydrogens (tertiary/aromatic N) is 5. The summed E-state index contributed by atoms with van der Waals surface area (Å²) in [5.74, 6) is 0.983. The van der Waals surface area contributed by atoms with Crippen LogP contribution in [0.25, 0.3) is 11.1 Å². The largest absolute Gasteiger partial charge is 0.361 e. The van der Waals surface area contributed by atoms with Crippen LogP contribution in [0, 0.1) is 19.7 Å². The smallest absolute Gasteiger partial charge is 0.227 e. The first-order valence-electron chi connectivity index (χ1n) is 10.9. The number of halogens is 1. The number of hydrogen-bond donors (Lipinski definition) is 0. The summed E-state index contributed by atoms with van der Waals surface area (Å²) in [5.41, 5.74) is 4.03. The molecule has 0 radical (unpaired) electrons. The first kappa shape index (κ1) is 21.9. The van der Waals surface area contributed by atoms with E-state index in [1.807, 2.05) is 37.7 Å². The normalized spacial score (nSPS) is 16.3. The van der Waals surface area contributed by atoms with E-state index in [4.69, 9.17) is 9.51 Å². The molecule has 0 unspecified atom stereocenters. The van der Waals surface area contributed by atoms with E-state index in [9.17, 15) is 9.18 Å². The molecular weight excluding hydrogens is 409 g/mol. The summed E-state index contributed by atoms with van der Waals surface area (Å²) in [6.45, 7) is 4.35. The van der Waals surface area contributed by atoms with E-state index in [-0.39, 0.29) is 24.2 Å². The molecule has 0 saturated carbocycles. The monoisotopic (exact) mass is 437 g/mol. The summed E-state index contributed by atoms with van der Waals surface area (Å²) >= 11 is 0. The van der Waals surface area contributed by atoms with E-state index in [1.54, 1.807) is 18.3 Å². The van der Waals surface area contributed by atoms with Crippen molar-refractivity contribution in [1.82, 2.24) is 20.0 Å². The molecule has 8 heteroatoms. The van der Waals surface area contributed by atoms with Crippen molar-refractivity contribution in [2.75, 3.05) is 25.5 Å². The van der Waals surface area contributed by atoms with Gasteiger partial charge in [-0.3, -0.25) is 4.79 Å². The molecule has 3 heterocycles. The second-order valence-electron chi connectivity index (χ2n) is 8.45. The molecule has 168 valence electrons. The third-order valence-corrected chi connectivity index (χ3v) is 6.01. The van der Waals surface area contributed by atoms with Crippen LogP contribution in [0.3, 0.4) is 0 Å². The fourth-order valence-corrected chi connectivity index (χ4v) is 4.23. The lowest BCUT2D eigenvalue weighted by molar-refractivity contribution is -0.134. The Morgan fingerprint density at radius 1 is 1.22 bits per heavy atom. The molecule has 2 aromatic heterocycles. The third kappa shape index (κ3) is 4.35. The summed E-state index contributed by atoms with van der Waals surface area (Å²) in [5, 5.41) is 3.98. The SMILES string of the molecule is Cc1noc(C)c1CC(=O)N1CCCC[C@@H]1c1nc(N(C)C)ncc1-c1ccc(F)cc1. The quantitative estimate of drug-likeness (QED) is 0.594. The predicted molar refractivity (Wildman–Crippen MR) is 120 cm³/mol. The van der Waals surface area contributed by atoms with Crippen LogP contribution in [-0.4, -0.2) is 46.6 Å². The van der Waals surface area contributed by atoms with Gasteiger partial charge in [-0.2, -0.15) is 0 Å². The second kappa shape index (κ2) is 9.06. The molecule has 3 aromatic rings. The van der Waals surface area contributed by atoms with E-state index in [0.29, 0.717) is 18.3 Å². The molecule has 1 saturated heterocycles. The van der Waals surface area contributed by atoms with Crippen LogP contribution in [0.2, 0.25) is 0 Å². The maximum Gasteiger partial charge on any atom is 0.227 e. The van der Waals surface area contributed by atoms with Gasteiger partial charge in [0, 0.05) is 38.0 Å². The summed E-state index contributed by atoms with van der Waals surface area (Å²) in [6.07, 6.45) is 4.78. The zero-order valence-corrected chi connectivity index (χ0v) is 18.9. The number of hydrogen-bond acceptors (Lipinski definition) is 6. The minimum atomic E-state index is -0.296. The van der Waals surface area contributed by atoms with Crippen LogP contribution >= 0.6 is 0 Å². The van der Waals surface area contributed by atoms with Crippen molar-refractivity contribution in [2.24, 2.45) is 0 Å². The lowest BCUT2D eigenvalue weighted by Gasteiger charge is -2.36. The Labute approximate surface area is 187 Å². The fraction of sp³-hybridized carbons (Fsp3) is 0.417. The number of piperidine rings is 1. The van der Waals surface area contributed by atoms with E-state index in [1.165, 1.54) is 12.1 Å². The number of aromatic nitrogens is 3. The van der Waals surface area contributed by atoms with E-state index < -0.39 is 0 Å². The highest BCUT2D eigenvalue weighted by molar-refractivity contribution is 5.80. The van der Waals surface area contributed by atoms with Crippen molar-refractivity contribution in [3.63, 3.8) is 0 Å². The minimum absolute atomic E-state index is 0.0270. The van der Waals surface area contributed by atoms with Gasteiger partial charge in [0.05, 0.1) is 23.9 Å². The Bertz CT molecular complexity index is 1090. The van der Waals surface area contributed by atoms with Crippen molar-refractivity contribution in [3.05, 3.63) is 59.0 Å². The number of rotatable bonds is 5. The van der Waals surface area contributed by atoms with Crippen LogP contribution in [0.15, 0.2) is 35.0 Å². The molecule has 32 heavy (non-hydrogen) atoms. The van der Waals surface area contributed by atoms with Gasteiger partial charge in [-0.15, -0.1) is 0 Å². The lowest BCUT2D eigenvalue weighted by Crippen LogP contribution is -2.40. The number of carbonyl (C=O) groups is 1. The van der Waals surface area contributed by atoms with Crippen molar-refractivity contribution in [1.29, 1.82) is 0 Å². The zero-order chi connectivity index (χ0) is 22.8. The molecule has 0 aliphatic carbocycles. The number of benzene rings is 1. The molecule has 1 aliphatic heterocycles. The standard InChI is InChI=1S/C24H28FN5O2/c1-15-19(16(2)32-28-15)13-22(31)30-12-6-5-7-21(30)23-20(14-26-24(27-23)29(3)4)17-8-10-18(25)11-9-17/h8-11,14,21H,5-7,12-13H2,1-4H3/t21-/m1/s1. The van der Waals surface area contributed by atoms with Crippen LogP contribution in [0.1, 0.15) is 48.0 Å². The van der Waals surface area contributed by atoms with Crippen LogP contribution in [-0.2, 0) is 11.2 Å². The number of carbonyl (C=O) groups excluding carboxylic acids is 1. The van der Waals surface area contributed by atoms with Crippen molar-refractivity contribution in [2.45, 2.75) is 45.6 Å². The number of likely N-dealkylation sites (tertiary alicyclic amines) is 1. The van der Waals surface area contributed by atoms with Gasteiger partial charge in [-0.25, -0.2) is 14.4 Å². The van der Waals surface area contributed by atoms with E-state index in [2.05, 4.69) is 10.1 Å². The van der Waals surface area contributed by atoms with Crippen LogP contribution in [0.4, 0.5) is 10.3 Å². The molecule has 0 N–H and O–H groups in total. The van der Waals surface area contributed by atoms with Gasteiger partial charge in [0.2, 0.25) is 11.9 Å².